The lowest BCUT2D eigenvalue weighted by Crippen LogP contribution is -2.00. The van der Waals surface area contributed by atoms with Gasteiger partial charge in [0.15, 0.2) is 0 Å². The molecule has 0 spiro atoms. The zero-order valence-corrected chi connectivity index (χ0v) is 15.9. The molecule has 0 saturated heterocycles. The van der Waals surface area contributed by atoms with Crippen molar-refractivity contribution >= 4 is 11.6 Å². The van der Waals surface area contributed by atoms with E-state index in [-0.39, 0.29) is 0 Å². The second-order valence-corrected chi connectivity index (χ2v) is 6.79. The quantitative estimate of drug-likeness (QED) is 0.551. The molecule has 0 atom stereocenters. The topological polar surface area (TPSA) is 53.5 Å². The standard InChI is InChI=1S/C19H19ClN6/c1-12-14(10-24(3)21-12)17-9-19(15-11-25(4)22-13(15)2)26(23-17)18-8-6-5-7-16(18)20/h5-11H,1-4H3. The van der Waals surface area contributed by atoms with E-state index >= 15 is 0 Å². The highest BCUT2D eigenvalue weighted by Crippen LogP contribution is 2.33. The van der Waals surface area contributed by atoms with Gasteiger partial charge in [-0.25, -0.2) is 4.68 Å². The smallest absolute Gasteiger partial charge is 0.0968 e. The molecule has 0 radical (unpaired) electrons. The third kappa shape index (κ3) is 2.72. The number of hydrogen-bond donors (Lipinski definition) is 0. The fourth-order valence-electron chi connectivity index (χ4n) is 3.21. The second-order valence-electron chi connectivity index (χ2n) is 6.38. The third-order valence-electron chi connectivity index (χ3n) is 4.37. The molecule has 0 fully saturated rings. The van der Waals surface area contributed by atoms with Crippen LogP contribution in [0.5, 0.6) is 0 Å². The van der Waals surface area contributed by atoms with Crippen LogP contribution in [-0.2, 0) is 14.1 Å². The number of para-hydroxylation sites is 1. The number of hydrogen-bond acceptors (Lipinski definition) is 3. The van der Waals surface area contributed by atoms with Gasteiger partial charge in [-0.1, -0.05) is 23.7 Å². The highest BCUT2D eigenvalue weighted by molar-refractivity contribution is 6.32. The van der Waals surface area contributed by atoms with Gasteiger partial charge in [0.05, 0.1) is 33.5 Å². The first-order chi connectivity index (χ1) is 12.4. The Morgan fingerprint density at radius 3 is 2.04 bits per heavy atom. The molecule has 0 aliphatic heterocycles. The summed E-state index contributed by atoms with van der Waals surface area (Å²) in [5.41, 5.74) is 6.53. The summed E-state index contributed by atoms with van der Waals surface area (Å²) in [7, 11) is 3.83. The zero-order valence-electron chi connectivity index (χ0n) is 15.1. The molecule has 0 saturated carbocycles. The van der Waals surface area contributed by atoms with E-state index in [2.05, 4.69) is 16.3 Å². The van der Waals surface area contributed by atoms with Crippen LogP contribution in [0.3, 0.4) is 0 Å². The summed E-state index contributed by atoms with van der Waals surface area (Å²) in [5.74, 6) is 0. The number of benzene rings is 1. The van der Waals surface area contributed by atoms with Crippen molar-refractivity contribution in [3.63, 3.8) is 0 Å². The number of aryl methyl sites for hydroxylation is 4. The summed E-state index contributed by atoms with van der Waals surface area (Å²) in [5, 5.41) is 14.4. The van der Waals surface area contributed by atoms with Gasteiger partial charge in [0, 0.05) is 37.6 Å². The minimum absolute atomic E-state index is 0.646. The number of nitrogens with zero attached hydrogens (tertiary/aromatic N) is 6. The van der Waals surface area contributed by atoms with E-state index in [0.29, 0.717) is 5.02 Å². The van der Waals surface area contributed by atoms with Crippen molar-refractivity contribution in [1.82, 2.24) is 29.3 Å². The van der Waals surface area contributed by atoms with Gasteiger partial charge in [-0.05, 0) is 32.0 Å². The minimum atomic E-state index is 0.646. The normalized spacial score (nSPS) is 11.3. The lowest BCUT2D eigenvalue weighted by molar-refractivity contribution is 0.756. The summed E-state index contributed by atoms with van der Waals surface area (Å²) in [6.45, 7) is 3.98. The van der Waals surface area contributed by atoms with E-state index in [1.165, 1.54) is 0 Å². The van der Waals surface area contributed by atoms with Gasteiger partial charge < -0.3 is 0 Å². The number of rotatable bonds is 3. The van der Waals surface area contributed by atoms with Gasteiger partial charge in [-0.2, -0.15) is 15.3 Å². The molecule has 132 valence electrons. The predicted molar refractivity (Wildman–Crippen MR) is 102 cm³/mol. The van der Waals surface area contributed by atoms with Gasteiger partial charge in [-0.3, -0.25) is 9.36 Å². The first kappa shape index (κ1) is 16.6. The summed E-state index contributed by atoms with van der Waals surface area (Å²) in [6, 6.07) is 9.77. The van der Waals surface area contributed by atoms with E-state index in [1.54, 1.807) is 4.68 Å². The number of aromatic nitrogens is 6. The summed E-state index contributed by atoms with van der Waals surface area (Å²) < 4.78 is 5.49. The minimum Gasteiger partial charge on any atom is -0.275 e. The average Bonchev–Trinajstić information content (AvgIpc) is 3.24. The molecule has 0 unspecified atom stereocenters. The third-order valence-corrected chi connectivity index (χ3v) is 4.69. The zero-order chi connectivity index (χ0) is 18.4. The molecule has 0 aliphatic carbocycles. The Hall–Kier alpha value is -2.86. The van der Waals surface area contributed by atoms with Crippen LogP contribution >= 0.6 is 11.6 Å². The van der Waals surface area contributed by atoms with Crippen LogP contribution in [-0.4, -0.2) is 29.3 Å². The molecule has 1 aromatic carbocycles. The molecule has 0 amide bonds. The number of halogens is 1. The lowest BCUT2D eigenvalue weighted by atomic mass is 10.1. The van der Waals surface area contributed by atoms with E-state index in [9.17, 15) is 0 Å². The highest BCUT2D eigenvalue weighted by Gasteiger charge is 2.19. The molecule has 4 aromatic rings. The molecule has 4 rings (SSSR count). The van der Waals surface area contributed by atoms with E-state index in [0.717, 1.165) is 39.6 Å². The molecule has 6 nitrogen and oxygen atoms in total. The molecule has 0 aliphatic rings. The van der Waals surface area contributed by atoms with Gasteiger partial charge in [0.25, 0.3) is 0 Å². The first-order valence-corrected chi connectivity index (χ1v) is 8.68. The maximum absolute atomic E-state index is 6.46. The fraction of sp³-hybridized carbons (Fsp3) is 0.211. The SMILES string of the molecule is Cc1nn(C)cc1-c1cc(-c2cn(C)nc2C)n(-c2ccccc2Cl)n1. The molecule has 3 aromatic heterocycles. The van der Waals surface area contributed by atoms with Gasteiger partial charge in [0.1, 0.15) is 0 Å². The van der Waals surface area contributed by atoms with Crippen molar-refractivity contribution in [1.29, 1.82) is 0 Å². The Morgan fingerprint density at radius 1 is 0.846 bits per heavy atom. The van der Waals surface area contributed by atoms with Crippen LogP contribution < -0.4 is 0 Å². The Bertz CT molecular complexity index is 1100. The van der Waals surface area contributed by atoms with E-state index in [4.69, 9.17) is 16.7 Å². The molecule has 26 heavy (non-hydrogen) atoms. The first-order valence-electron chi connectivity index (χ1n) is 8.30. The molecule has 3 heterocycles. The highest BCUT2D eigenvalue weighted by atomic mass is 35.5. The molecular formula is C19H19ClN6. The van der Waals surface area contributed by atoms with Crippen LogP contribution in [0.1, 0.15) is 11.4 Å². The largest absolute Gasteiger partial charge is 0.275 e. The van der Waals surface area contributed by atoms with Gasteiger partial charge >= 0.3 is 0 Å². The summed E-state index contributed by atoms with van der Waals surface area (Å²) in [4.78, 5) is 0. The predicted octanol–water partition coefficient (Wildman–Crippen LogP) is 3.94. The molecule has 0 N–H and O–H groups in total. The lowest BCUT2D eigenvalue weighted by Gasteiger charge is -2.08. The van der Waals surface area contributed by atoms with Crippen molar-refractivity contribution in [3.05, 3.63) is 59.1 Å². The van der Waals surface area contributed by atoms with E-state index in [1.807, 2.05) is 74.0 Å². The monoisotopic (exact) mass is 366 g/mol. The molecule has 0 bridgehead atoms. The van der Waals surface area contributed by atoms with Crippen molar-refractivity contribution in [3.8, 4) is 28.2 Å². The van der Waals surface area contributed by atoms with Crippen molar-refractivity contribution in [2.24, 2.45) is 14.1 Å². The Labute approximate surface area is 156 Å². The van der Waals surface area contributed by atoms with Crippen molar-refractivity contribution in [2.45, 2.75) is 13.8 Å². The van der Waals surface area contributed by atoms with Crippen LogP contribution in [0.2, 0.25) is 5.02 Å². The Balaban J connectivity index is 1.98. The average molecular weight is 367 g/mol. The maximum atomic E-state index is 6.46. The van der Waals surface area contributed by atoms with Crippen LogP contribution in [0.25, 0.3) is 28.2 Å². The van der Waals surface area contributed by atoms with Crippen molar-refractivity contribution in [2.75, 3.05) is 0 Å². The van der Waals surface area contributed by atoms with E-state index < -0.39 is 0 Å². The van der Waals surface area contributed by atoms with Gasteiger partial charge in [0.2, 0.25) is 0 Å². The van der Waals surface area contributed by atoms with Crippen LogP contribution in [0.4, 0.5) is 0 Å². The molecular weight excluding hydrogens is 348 g/mol. The summed E-state index contributed by atoms with van der Waals surface area (Å²) >= 11 is 6.46. The second kappa shape index (κ2) is 6.14. The Morgan fingerprint density at radius 2 is 1.46 bits per heavy atom. The summed E-state index contributed by atoms with van der Waals surface area (Å²) in [6.07, 6.45) is 3.98. The van der Waals surface area contributed by atoms with Crippen LogP contribution in [0, 0.1) is 13.8 Å². The molecule has 7 heteroatoms. The van der Waals surface area contributed by atoms with Crippen LogP contribution in [0.15, 0.2) is 42.7 Å². The maximum Gasteiger partial charge on any atom is 0.0968 e. The van der Waals surface area contributed by atoms with Crippen molar-refractivity contribution < 1.29 is 0 Å². The fourth-order valence-corrected chi connectivity index (χ4v) is 3.43. The Kier molecular flexibility index (Phi) is 3.92. The van der Waals surface area contributed by atoms with Gasteiger partial charge in [-0.15, -0.1) is 0 Å².